The van der Waals surface area contributed by atoms with E-state index in [2.05, 4.69) is 28.8 Å². The quantitative estimate of drug-likeness (QED) is 0.540. The molecule has 0 radical (unpaired) electrons. The summed E-state index contributed by atoms with van der Waals surface area (Å²) in [6.45, 7) is 1.22. The number of aliphatic hydroxyl groups is 1. The van der Waals surface area contributed by atoms with Gasteiger partial charge in [-0.2, -0.15) is 0 Å². The highest BCUT2D eigenvalue weighted by atomic mass is 16.5. The lowest BCUT2D eigenvalue weighted by atomic mass is 9.62. The number of carbonyl (C=O) groups is 1. The predicted molar refractivity (Wildman–Crippen MR) is 101 cm³/mol. The van der Waals surface area contributed by atoms with E-state index >= 15 is 0 Å². The maximum Gasteiger partial charge on any atom is 0.335 e. The number of benzene rings is 1. The van der Waals surface area contributed by atoms with Gasteiger partial charge in [-0.05, 0) is 49.8 Å². The average Bonchev–Trinajstić information content (AvgIpc) is 3.25. The van der Waals surface area contributed by atoms with Gasteiger partial charge in [0, 0.05) is 24.0 Å². The molecule has 2 aliphatic heterocycles. The average molecular weight is 356 g/mol. The number of hydrogen-bond acceptors (Lipinski definition) is 5. The molecule has 5 heteroatoms. The van der Waals surface area contributed by atoms with E-state index < -0.39 is 0 Å². The van der Waals surface area contributed by atoms with Gasteiger partial charge in [-0.15, -0.1) is 0 Å². The molecular formula is C21H28N2O3. The van der Waals surface area contributed by atoms with E-state index in [9.17, 15) is 4.79 Å². The van der Waals surface area contributed by atoms with E-state index in [-0.39, 0.29) is 18.0 Å². The summed E-state index contributed by atoms with van der Waals surface area (Å²) in [6.07, 6.45) is 5.79. The molecule has 0 aromatic heterocycles. The van der Waals surface area contributed by atoms with Crippen molar-refractivity contribution in [2.24, 2.45) is 5.92 Å². The molecule has 0 saturated carbocycles. The van der Waals surface area contributed by atoms with Crippen LogP contribution in [0.1, 0.15) is 44.1 Å². The van der Waals surface area contributed by atoms with Crippen molar-refractivity contribution in [3.8, 4) is 0 Å². The van der Waals surface area contributed by atoms with Crippen LogP contribution in [-0.4, -0.2) is 37.4 Å². The number of unbranched alkanes of at least 4 members (excludes halogenated alkanes) is 2. The number of ether oxygens (including phenoxy) is 1. The molecule has 140 valence electrons. The van der Waals surface area contributed by atoms with Crippen molar-refractivity contribution in [2.45, 2.75) is 50.0 Å². The molecule has 1 saturated heterocycles. The maximum atomic E-state index is 12.6. The Balaban J connectivity index is 1.74. The Morgan fingerprint density at radius 2 is 2.15 bits per heavy atom. The van der Waals surface area contributed by atoms with Crippen molar-refractivity contribution in [1.82, 2.24) is 5.32 Å². The van der Waals surface area contributed by atoms with Gasteiger partial charge in [-0.3, -0.25) is 0 Å². The summed E-state index contributed by atoms with van der Waals surface area (Å²) >= 11 is 0. The summed E-state index contributed by atoms with van der Waals surface area (Å²) in [6, 6.07) is 8.79. The van der Waals surface area contributed by atoms with Crippen LogP contribution in [0.3, 0.4) is 0 Å². The Hall–Kier alpha value is -1.85. The fraction of sp³-hybridized carbons (Fsp3) is 0.571. The molecule has 1 aromatic rings. The lowest BCUT2D eigenvalue weighted by Crippen LogP contribution is -2.50. The smallest absolute Gasteiger partial charge is 0.335 e. The number of methoxy groups -OCH3 is 1. The summed E-state index contributed by atoms with van der Waals surface area (Å²) in [5.74, 6) is 0.201. The third-order valence-electron chi connectivity index (χ3n) is 6.43. The molecule has 3 atom stereocenters. The number of carbonyl (C=O) groups excluding carboxylic acids is 1. The Kier molecular flexibility index (Phi) is 4.76. The first-order chi connectivity index (χ1) is 12.7. The van der Waals surface area contributed by atoms with Gasteiger partial charge in [-0.25, -0.2) is 4.79 Å². The zero-order valence-electron chi connectivity index (χ0n) is 15.4. The van der Waals surface area contributed by atoms with E-state index in [4.69, 9.17) is 9.84 Å². The number of esters is 1. The number of aliphatic hydroxyl groups excluding tert-OH is 1. The first-order valence-corrected chi connectivity index (χ1v) is 9.75. The van der Waals surface area contributed by atoms with Crippen LogP contribution in [0, 0.1) is 5.92 Å². The highest BCUT2D eigenvalue weighted by molar-refractivity contribution is 5.92. The molecule has 26 heavy (non-hydrogen) atoms. The monoisotopic (exact) mass is 356 g/mol. The van der Waals surface area contributed by atoms with Gasteiger partial charge >= 0.3 is 5.97 Å². The standard InChI is InChI=1S/C21H28N2O3/c1-26-20(25)15-13-14(7-3-2-6-12-24)18-21(10-11-22-18)16-8-4-5-9-17(16)23-19(15)21/h4-5,8-9,14,18,22-24H,2-3,6-7,10-13H2,1H3/t14-,18+,21-/m0/s1. The van der Waals surface area contributed by atoms with Gasteiger partial charge in [0.05, 0.1) is 18.1 Å². The van der Waals surface area contributed by atoms with Crippen molar-refractivity contribution in [3.63, 3.8) is 0 Å². The lowest BCUT2D eigenvalue weighted by Gasteiger charge is -2.43. The second-order valence-electron chi connectivity index (χ2n) is 7.71. The summed E-state index contributed by atoms with van der Waals surface area (Å²) < 4.78 is 5.14. The molecule has 0 bridgehead atoms. The number of nitrogens with one attached hydrogen (secondary N) is 2. The van der Waals surface area contributed by atoms with E-state index in [0.29, 0.717) is 12.0 Å². The Morgan fingerprint density at radius 3 is 2.96 bits per heavy atom. The minimum Gasteiger partial charge on any atom is -0.466 e. The zero-order valence-corrected chi connectivity index (χ0v) is 15.4. The van der Waals surface area contributed by atoms with Crippen molar-refractivity contribution < 1.29 is 14.6 Å². The van der Waals surface area contributed by atoms with Crippen LogP contribution in [-0.2, 0) is 14.9 Å². The number of hydrogen-bond donors (Lipinski definition) is 3. The molecule has 1 aliphatic carbocycles. The van der Waals surface area contributed by atoms with Gasteiger partial charge in [0.25, 0.3) is 0 Å². The third-order valence-corrected chi connectivity index (χ3v) is 6.43. The number of rotatable bonds is 6. The second-order valence-corrected chi connectivity index (χ2v) is 7.71. The number of para-hydroxylation sites is 1. The van der Waals surface area contributed by atoms with Crippen molar-refractivity contribution >= 4 is 11.7 Å². The highest BCUT2D eigenvalue weighted by Gasteiger charge is 2.58. The van der Waals surface area contributed by atoms with E-state index in [1.807, 2.05) is 6.07 Å². The molecule has 1 spiro atoms. The van der Waals surface area contributed by atoms with Crippen LogP contribution < -0.4 is 10.6 Å². The summed E-state index contributed by atoms with van der Waals surface area (Å²) in [5, 5.41) is 16.4. The SMILES string of the molecule is COC(=O)C1=C2Nc3ccccc3[C@]23CCN[C@@H]3[C@@H](CCCCCO)C1. The largest absolute Gasteiger partial charge is 0.466 e. The molecule has 3 aliphatic rings. The number of fused-ring (bicyclic) bond motifs is 1. The van der Waals surface area contributed by atoms with Gasteiger partial charge < -0.3 is 20.5 Å². The summed E-state index contributed by atoms with van der Waals surface area (Å²) in [5.41, 5.74) is 4.17. The minimum atomic E-state index is -0.203. The first-order valence-electron chi connectivity index (χ1n) is 9.75. The molecule has 5 nitrogen and oxygen atoms in total. The van der Waals surface area contributed by atoms with E-state index in [0.717, 1.165) is 62.0 Å². The fourth-order valence-corrected chi connectivity index (χ4v) is 5.37. The number of anilines is 1. The Morgan fingerprint density at radius 1 is 1.31 bits per heavy atom. The predicted octanol–water partition coefficient (Wildman–Crippen LogP) is 2.71. The van der Waals surface area contributed by atoms with Crippen LogP contribution in [0.4, 0.5) is 5.69 Å². The molecule has 0 unspecified atom stereocenters. The minimum absolute atomic E-state index is 0.139. The van der Waals surface area contributed by atoms with E-state index in [1.165, 1.54) is 12.7 Å². The fourth-order valence-electron chi connectivity index (χ4n) is 5.37. The van der Waals surface area contributed by atoms with Crippen LogP contribution in [0.15, 0.2) is 35.5 Å². The van der Waals surface area contributed by atoms with Crippen molar-refractivity contribution in [2.75, 3.05) is 25.6 Å². The normalized spacial score (nSPS) is 29.0. The molecular weight excluding hydrogens is 328 g/mol. The third kappa shape index (κ3) is 2.57. The molecule has 1 fully saturated rings. The Bertz CT molecular complexity index is 730. The van der Waals surface area contributed by atoms with E-state index in [1.54, 1.807) is 0 Å². The first kappa shape index (κ1) is 17.6. The zero-order chi connectivity index (χ0) is 18.1. The summed E-state index contributed by atoms with van der Waals surface area (Å²) in [4.78, 5) is 12.6. The van der Waals surface area contributed by atoms with Crippen molar-refractivity contribution in [1.29, 1.82) is 0 Å². The van der Waals surface area contributed by atoms with Gasteiger partial charge in [-0.1, -0.05) is 31.0 Å². The lowest BCUT2D eigenvalue weighted by molar-refractivity contribution is -0.136. The molecule has 2 heterocycles. The molecule has 4 rings (SSSR count). The van der Waals surface area contributed by atoms with Gasteiger partial charge in [0.1, 0.15) is 0 Å². The molecule has 0 amide bonds. The second kappa shape index (κ2) is 7.05. The van der Waals surface area contributed by atoms with Gasteiger partial charge in [0.15, 0.2) is 0 Å². The van der Waals surface area contributed by atoms with Gasteiger partial charge in [0.2, 0.25) is 0 Å². The topological polar surface area (TPSA) is 70.6 Å². The van der Waals surface area contributed by atoms with Crippen LogP contribution in [0.2, 0.25) is 0 Å². The van der Waals surface area contributed by atoms with Crippen LogP contribution in [0.25, 0.3) is 0 Å². The molecule has 1 aromatic carbocycles. The summed E-state index contributed by atoms with van der Waals surface area (Å²) in [7, 11) is 1.47. The maximum absolute atomic E-state index is 12.6. The Labute approximate surface area is 154 Å². The van der Waals surface area contributed by atoms with Crippen molar-refractivity contribution in [3.05, 3.63) is 41.1 Å². The van der Waals surface area contributed by atoms with Crippen LogP contribution >= 0.6 is 0 Å². The van der Waals surface area contributed by atoms with Crippen LogP contribution in [0.5, 0.6) is 0 Å². The highest BCUT2D eigenvalue weighted by Crippen LogP contribution is 2.57. The molecule has 3 N–H and O–H groups in total.